The van der Waals surface area contributed by atoms with Gasteiger partial charge in [0.25, 0.3) is 5.91 Å². The van der Waals surface area contributed by atoms with Crippen LogP contribution in [0.5, 0.6) is 0 Å². The Bertz CT molecular complexity index is 816. The van der Waals surface area contributed by atoms with Crippen LogP contribution in [0.1, 0.15) is 9.67 Å². The van der Waals surface area contributed by atoms with Crippen molar-refractivity contribution in [2.45, 2.75) is 0 Å². The molecule has 0 unspecified atom stereocenters. The van der Waals surface area contributed by atoms with E-state index in [2.05, 4.69) is 15.8 Å². The second-order valence-corrected chi connectivity index (χ2v) is 5.70. The van der Waals surface area contributed by atoms with E-state index < -0.39 is 5.95 Å². The fraction of sp³-hybridized carbons (Fsp3) is 0. The summed E-state index contributed by atoms with van der Waals surface area (Å²) in [6.07, 6.45) is 1.27. The zero-order valence-electron chi connectivity index (χ0n) is 11.7. The van der Waals surface area contributed by atoms with E-state index in [-0.39, 0.29) is 11.7 Å². The molecule has 0 fully saturated rings. The number of amides is 1. The topological polar surface area (TPSA) is 54.0 Å². The molecule has 3 aromatic rings. The molecule has 0 spiro atoms. The van der Waals surface area contributed by atoms with E-state index in [1.807, 2.05) is 0 Å². The van der Waals surface area contributed by atoms with Crippen molar-refractivity contribution < 1.29 is 13.6 Å². The van der Waals surface area contributed by atoms with Crippen molar-refractivity contribution in [3.05, 3.63) is 71.4 Å². The summed E-state index contributed by atoms with van der Waals surface area (Å²) < 4.78 is 25.6. The predicted molar refractivity (Wildman–Crippen MR) is 85.0 cm³/mol. The molecule has 2 N–H and O–H groups in total. The summed E-state index contributed by atoms with van der Waals surface area (Å²) in [5.74, 6) is -1.22. The summed E-state index contributed by atoms with van der Waals surface area (Å²) in [5.41, 5.74) is 6.47. The first kappa shape index (κ1) is 15.1. The molecule has 3 rings (SSSR count). The van der Waals surface area contributed by atoms with Gasteiger partial charge in [-0.05, 0) is 42.0 Å². The fourth-order valence-electron chi connectivity index (χ4n) is 1.87. The maximum Gasteiger partial charge on any atom is 0.279 e. The molecule has 0 bridgehead atoms. The van der Waals surface area contributed by atoms with E-state index >= 15 is 0 Å². The van der Waals surface area contributed by atoms with Crippen molar-refractivity contribution in [3.8, 4) is 10.4 Å². The number of nitrogens with zero attached hydrogens (tertiary/aromatic N) is 1. The van der Waals surface area contributed by atoms with Gasteiger partial charge < -0.3 is 0 Å². The summed E-state index contributed by atoms with van der Waals surface area (Å²) in [4.78, 5) is 16.9. The zero-order chi connectivity index (χ0) is 16.2. The quantitative estimate of drug-likeness (QED) is 0.564. The van der Waals surface area contributed by atoms with Gasteiger partial charge in [-0.1, -0.05) is 12.1 Å². The van der Waals surface area contributed by atoms with Crippen molar-refractivity contribution in [2.75, 3.05) is 5.43 Å². The first-order valence-electron chi connectivity index (χ1n) is 6.65. The molecule has 0 aliphatic heterocycles. The molecule has 2 aromatic heterocycles. The van der Waals surface area contributed by atoms with E-state index in [9.17, 15) is 13.6 Å². The molecule has 0 aliphatic rings. The van der Waals surface area contributed by atoms with Crippen LogP contribution in [0.3, 0.4) is 0 Å². The van der Waals surface area contributed by atoms with Crippen LogP contribution in [-0.2, 0) is 0 Å². The molecule has 1 aromatic carbocycles. The Kier molecular flexibility index (Phi) is 4.29. The minimum absolute atomic E-state index is 0.305. The molecular formula is C16H11F2N3OS. The van der Waals surface area contributed by atoms with Crippen molar-refractivity contribution in [3.63, 3.8) is 0 Å². The number of thiophene rings is 1. The molecule has 7 heteroatoms. The van der Waals surface area contributed by atoms with Crippen LogP contribution in [0.4, 0.5) is 14.5 Å². The Labute approximate surface area is 134 Å². The highest BCUT2D eigenvalue weighted by atomic mass is 32.1. The van der Waals surface area contributed by atoms with Crippen molar-refractivity contribution in [1.29, 1.82) is 0 Å². The molecular weight excluding hydrogens is 320 g/mol. The van der Waals surface area contributed by atoms with Gasteiger partial charge in [0.2, 0.25) is 5.95 Å². The van der Waals surface area contributed by atoms with E-state index in [0.717, 1.165) is 10.4 Å². The number of benzene rings is 1. The Morgan fingerprint density at radius 1 is 1.00 bits per heavy atom. The minimum atomic E-state index is -0.593. The third kappa shape index (κ3) is 3.70. The van der Waals surface area contributed by atoms with Gasteiger partial charge in [0.05, 0.1) is 16.8 Å². The summed E-state index contributed by atoms with van der Waals surface area (Å²) in [7, 11) is 0. The second kappa shape index (κ2) is 6.53. The van der Waals surface area contributed by atoms with E-state index in [0.29, 0.717) is 10.6 Å². The number of anilines is 1. The lowest BCUT2D eigenvalue weighted by Gasteiger charge is -2.06. The largest absolute Gasteiger partial charge is 0.297 e. The van der Waals surface area contributed by atoms with Gasteiger partial charge in [-0.15, -0.1) is 11.3 Å². The van der Waals surface area contributed by atoms with Gasteiger partial charge in [-0.2, -0.15) is 4.39 Å². The number of rotatable bonds is 4. The lowest BCUT2D eigenvalue weighted by Crippen LogP contribution is -2.28. The third-order valence-electron chi connectivity index (χ3n) is 3.01. The summed E-state index contributed by atoms with van der Waals surface area (Å²) in [5, 5.41) is 0. The smallest absolute Gasteiger partial charge is 0.279 e. The summed E-state index contributed by atoms with van der Waals surface area (Å²) >= 11 is 1.29. The van der Waals surface area contributed by atoms with E-state index in [4.69, 9.17) is 0 Å². The molecule has 4 nitrogen and oxygen atoms in total. The average Bonchev–Trinajstić information content (AvgIpc) is 3.05. The fourth-order valence-corrected chi connectivity index (χ4v) is 2.78. The molecule has 1 amide bonds. The number of aromatic nitrogens is 1. The maximum absolute atomic E-state index is 12.9. The summed E-state index contributed by atoms with van der Waals surface area (Å²) in [6.45, 7) is 0. The van der Waals surface area contributed by atoms with Crippen LogP contribution in [0.15, 0.2) is 54.7 Å². The van der Waals surface area contributed by atoms with Gasteiger partial charge in [0.1, 0.15) is 5.82 Å². The number of nitrogens with one attached hydrogen (secondary N) is 2. The first-order valence-corrected chi connectivity index (χ1v) is 7.47. The van der Waals surface area contributed by atoms with Crippen LogP contribution in [0.2, 0.25) is 0 Å². The lowest BCUT2D eigenvalue weighted by atomic mass is 10.2. The van der Waals surface area contributed by atoms with Crippen LogP contribution >= 0.6 is 11.3 Å². The first-order chi connectivity index (χ1) is 11.1. The Morgan fingerprint density at radius 2 is 1.78 bits per heavy atom. The Hall–Kier alpha value is -2.80. The van der Waals surface area contributed by atoms with Crippen molar-refractivity contribution in [2.24, 2.45) is 0 Å². The molecule has 0 aliphatic carbocycles. The van der Waals surface area contributed by atoms with Crippen molar-refractivity contribution in [1.82, 2.24) is 10.4 Å². The van der Waals surface area contributed by atoms with Crippen LogP contribution < -0.4 is 10.9 Å². The SMILES string of the molecule is O=C(NNc1ccc(F)nc1)c1ccc(-c2ccc(F)cc2)s1. The number of carbonyl (C=O) groups is 1. The summed E-state index contributed by atoms with van der Waals surface area (Å²) in [6, 6.07) is 12.2. The highest BCUT2D eigenvalue weighted by molar-refractivity contribution is 7.17. The number of hydrogen-bond acceptors (Lipinski definition) is 4. The highest BCUT2D eigenvalue weighted by Crippen LogP contribution is 2.28. The molecule has 0 saturated carbocycles. The molecule has 2 heterocycles. The van der Waals surface area contributed by atoms with Crippen LogP contribution in [-0.4, -0.2) is 10.9 Å². The Balaban J connectivity index is 1.66. The standard InChI is InChI=1S/C16H11F2N3OS/c17-11-3-1-10(2-4-11)13-6-7-14(23-13)16(22)21-20-12-5-8-15(18)19-9-12/h1-9,20H,(H,21,22). The molecule has 0 saturated heterocycles. The highest BCUT2D eigenvalue weighted by Gasteiger charge is 2.10. The molecule has 0 radical (unpaired) electrons. The zero-order valence-corrected chi connectivity index (χ0v) is 12.5. The average molecular weight is 331 g/mol. The van der Waals surface area contributed by atoms with Gasteiger partial charge in [-0.25, -0.2) is 9.37 Å². The van der Waals surface area contributed by atoms with Crippen LogP contribution in [0, 0.1) is 11.8 Å². The van der Waals surface area contributed by atoms with Gasteiger partial charge >= 0.3 is 0 Å². The monoisotopic (exact) mass is 331 g/mol. The number of hydrazine groups is 1. The van der Waals surface area contributed by atoms with Gasteiger partial charge in [0.15, 0.2) is 0 Å². The number of hydrogen-bond donors (Lipinski definition) is 2. The normalized spacial score (nSPS) is 10.3. The molecule has 0 atom stereocenters. The number of halogens is 2. The minimum Gasteiger partial charge on any atom is -0.297 e. The van der Waals surface area contributed by atoms with E-state index in [1.54, 1.807) is 24.3 Å². The number of pyridine rings is 1. The third-order valence-corrected chi connectivity index (χ3v) is 4.14. The second-order valence-electron chi connectivity index (χ2n) is 4.62. The van der Waals surface area contributed by atoms with Crippen LogP contribution in [0.25, 0.3) is 10.4 Å². The predicted octanol–water partition coefficient (Wildman–Crippen LogP) is 3.85. The van der Waals surface area contributed by atoms with Gasteiger partial charge in [-0.3, -0.25) is 15.6 Å². The van der Waals surface area contributed by atoms with Gasteiger partial charge in [0, 0.05) is 4.88 Å². The maximum atomic E-state index is 12.9. The number of carbonyl (C=O) groups excluding carboxylic acids is 1. The van der Waals surface area contributed by atoms with E-state index in [1.165, 1.54) is 41.8 Å². The Morgan fingerprint density at radius 3 is 2.48 bits per heavy atom. The molecule has 116 valence electrons. The lowest BCUT2D eigenvalue weighted by molar-refractivity contribution is 0.0966. The molecule has 23 heavy (non-hydrogen) atoms. The van der Waals surface area contributed by atoms with Crippen molar-refractivity contribution >= 4 is 22.9 Å².